The number of halogens is 2. The molecule has 14 heavy (non-hydrogen) atoms. The Hall–Kier alpha value is -1.45. The highest BCUT2D eigenvalue weighted by atomic mass is 19.3. The molecule has 0 atom stereocenters. The molecule has 0 fully saturated rings. The van der Waals surface area contributed by atoms with Gasteiger partial charge in [-0.3, -0.25) is 4.79 Å². The van der Waals surface area contributed by atoms with Crippen molar-refractivity contribution in [3.63, 3.8) is 0 Å². The van der Waals surface area contributed by atoms with E-state index < -0.39 is 13.0 Å². The molecule has 0 radical (unpaired) electrons. The smallest absolute Gasteiger partial charge is 0.272 e. The number of carbonyl (C=O) groups excluding carboxylic acids is 1. The summed E-state index contributed by atoms with van der Waals surface area (Å²) in [5, 5.41) is 0. The molecule has 0 spiro atoms. The molecule has 2 nitrogen and oxygen atoms in total. The van der Waals surface area contributed by atoms with Crippen LogP contribution in [0.3, 0.4) is 0 Å². The van der Waals surface area contributed by atoms with Crippen molar-refractivity contribution in [2.24, 2.45) is 0 Å². The van der Waals surface area contributed by atoms with E-state index in [0.29, 0.717) is 6.29 Å². The Morgan fingerprint density at radius 2 is 2.21 bits per heavy atom. The maximum atomic E-state index is 11.8. The van der Waals surface area contributed by atoms with Gasteiger partial charge in [0.25, 0.3) is 6.43 Å². The van der Waals surface area contributed by atoms with Gasteiger partial charge in [-0.1, -0.05) is 6.07 Å². The first-order chi connectivity index (χ1) is 6.63. The number of ether oxygens (including phenoxy) is 1. The summed E-state index contributed by atoms with van der Waals surface area (Å²) in [5.74, 6) is 0.209. The summed E-state index contributed by atoms with van der Waals surface area (Å²) in [6.45, 7) is 1.11. The summed E-state index contributed by atoms with van der Waals surface area (Å²) in [6, 6.07) is 4.83. The highest BCUT2D eigenvalue weighted by Crippen LogP contribution is 2.18. The molecular weight excluding hydrogens is 190 g/mol. The number of carbonyl (C=O) groups is 1. The monoisotopic (exact) mass is 200 g/mol. The quantitative estimate of drug-likeness (QED) is 0.698. The standard InChI is InChI=1S/C10H10F2O2/c1-7-2-3-8(5-13)9(4-7)14-6-10(11)12/h2-5,10H,6H2,1H3. The van der Waals surface area contributed by atoms with Crippen molar-refractivity contribution in [2.75, 3.05) is 6.61 Å². The molecule has 0 aromatic heterocycles. The van der Waals surface area contributed by atoms with Crippen molar-refractivity contribution in [3.05, 3.63) is 29.3 Å². The lowest BCUT2D eigenvalue weighted by Crippen LogP contribution is -2.08. The normalized spacial score (nSPS) is 10.3. The van der Waals surface area contributed by atoms with Crippen molar-refractivity contribution in [3.8, 4) is 5.75 Å². The highest BCUT2D eigenvalue weighted by molar-refractivity contribution is 5.79. The van der Waals surface area contributed by atoms with E-state index in [1.165, 1.54) is 0 Å². The van der Waals surface area contributed by atoms with E-state index in [9.17, 15) is 13.6 Å². The van der Waals surface area contributed by atoms with Crippen LogP contribution in [-0.4, -0.2) is 19.3 Å². The summed E-state index contributed by atoms with van der Waals surface area (Å²) in [5.41, 5.74) is 1.15. The Morgan fingerprint density at radius 3 is 2.79 bits per heavy atom. The molecule has 76 valence electrons. The maximum Gasteiger partial charge on any atom is 0.272 e. The largest absolute Gasteiger partial charge is 0.487 e. The number of hydrogen-bond acceptors (Lipinski definition) is 2. The molecular formula is C10H10F2O2. The second kappa shape index (κ2) is 4.69. The van der Waals surface area contributed by atoms with Gasteiger partial charge in [-0.25, -0.2) is 8.78 Å². The lowest BCUT2D eigenvalue weighted by atomic mass is 10.1. The van der Waals surface area contributed by atoms with Gasteiger partial charge in [-0.15, -0.1) is 0 Å². The van der Waals surface area contributed by atoms with Crippen molar-refractivity contribution in [1.29, 1.82) is 0 Å². The van der Waals surface area contributed by atoms with Gasteiger partial charge in [0.05, 0.1) is 5.56 Å². The molecule has 0 heterocycles. The van der Waals surface area contributed by atoms with Crippen LogP contribution in [0.4, 0.5) is 8.78 Å². The van der Waals surface area contributed by atoms with Crippen LogP contribution in [0.25, 0.3) is 0 Å². The molecule has 0 amide bonds. The van der Waals surface area contributed by atoms with Crippen LogP contribution in [0.15, 0.2) is 18.2 Å². The van der Waals surface area contributed by atoms with Crippen molar-refractivity contribution in [1.82, 2.24) is 0 Å². The SMILES string of the molecule is Cc1ccc(C=O)c(OCC(F)F)c1. The fourth-order valence-electron chi connectivity index (χ4n) is 1.02. The molecule has 0 bridgehead atoms. The van der Waals surface area contributed by atoms with E-state index in [4.69, 9.17) is 4.74 Å². The Balaban J connectivity index is 2.82. The minimum Gasteiger partial charge on any atom is -0.487 e. The van der Waals surface area contributed by atoms with E-state index in [1.54, 1.807) is 25.1 Å². The van der Waals surface area contributed by atoms with Crippen LogP contribution >= 0.6 is 0 Å². The zero-order valence-corrected chi connectivity index (χ0v) is 7.67. The van der Waals surface area contributed by atoms with E-state index >= 15 is 0 Å². The van der Waals surface area contributed by atoms with Crippen molar-refractivity contribution in [2.45, 2.75) is 13.3 Å². The van der Waals surface area contributed by atoms with E-state index in [2.05, 4.69) is 0 Å². The number of aryl methyl sites for hydroxylation is 1. The van der Waals surface area contributed by atoms with E-state index in [1.807, 2.05) is 0 Å². The molecule has 1 aromatic carbocycles. The lowest BCUT2D eigenvalue weighted by Gasteiger charge is -2.08. The number of rotatable bonds is 4. The Labute approximate surface area is 80.5 Å². The van der Waals surface area contributed by atoms with Crippen LogP contribution in [-0.2, 0) is 0 Å². The lowest BCUT2D eigenvalue weighted by molar-refractivity contribution is 0.0809. The van der Waals surface area contributed by atoms with Gasteiger partial charge >= 0.3 is 0 Å². The van der Waals surface area contributed by atoms with Crippen LogP contribution in [0.2, 0.25) is 0 Å². The number of hydrogen-bond donors (Lipinski definition) is 0. The van der Waals surface area contributed by atoms with Crippen LogP contribution < -0.4 is 4.74 Å². The topological polar surface area (TPSA) is 26.3 Å². The molecule has 4 heteroatoms. The molecule has 0 unspecified atom stereocenters. The third-order valence-electron chi connectivity index (χ3n) is 1.66. The maximum absolute atomic E-state index is 11.8. The Morgan fingerprint density at radius 1 is 1.50 bits per heavy atom. The predicted octanol–water partition coefficient (Wildman–Crippen LogP) is 2.45. The summed E-state index contributed by atoms with van der Waals surface area (Å²) in [7, 11) is 0. The molecule has 0 N–H and O–H groups in total. The molecule has 0 aliphatic rings. The van der Waals surface area contributed by atoms with Gasteiger partial charge in [0.2, 0.25) is 0 Å². The fraction of sp³-hybridized carbons (Fsp3) is 0.300. The molecule has 0 aliphatic heterocycles. The fourth-order valence-corrected chi connectivity index (χ4v) is 1.02. The van der Waals surface area contributed by atoms with Gasteiger partial charge in [0.1, 0.15) is 12.4 Å². The highest BCUT2D eigenvalue weighted by Gasteiger charge is 2.07. The summed E-state index contributed by atoms with van der Waals surface area (Å²) in [6.07, 6.45) is -1.95. The first kappa shape index (κ1) is 10.6. The van der Waals surface area contributed by atoms with Crippen molar-refractivity contribution >= 4 is 6.29 Å². The van der Waals surface area contributed by atoms with E-state index in [-0.39, 0.29) is 11.3 Å². The summed E-state index contributed by atoms with van der Waals surface area (Å²) < 4.78 is 28.5. The van der Waals surface area contributed by atoms with Gasteiger partial charge in [-0.2, -0.15) is 0 Å². The number of alkyl halides is 2. The molecule has 0 aliphatic carbocycles. The molecule has 1 aromatic rings. The van der Waals surface area contributed by atoms with Crippen LogP contribution in [0.1, 0.15) is 15.9 Å². The summed E-state index contributed by atoms with van der Waals surface area (Å²) in [4.78, 5) is 10.5. The molecule has 1 rings (SSSR count). The van der Waals surface area contributed by atoms with Gasteiger partial charge in [0, 0.05) is 0 Å². The van der Waals surface area contributed by atoms with Gasteiger partial charge < -0.3 is 4.74 Å². The van der Waals surface area contributed by atoms with Crippen LogP contribution in [0, 0.1) is 6.92 Å². The predicted molar refractivity (Wildman–Crippen MR) is 48.1 cm³/mol. The zero-order valence-electron chi connectivity index (χ0n) is 7.67. The van der Waals surface area contributed by atoms with Crippen molar-refractivity contribution < 1.29 is 18.3 Å². The third kappa shape index (κ3) is 2.80. The van der Waals surface area contributed by atoms with E-state index in [0.717, 1.165) is 5.56 Å². The first-order valence-corrected chi connectivity index (χ1v) is 4.10. The average Bonchev–Trinajstić information content (AvgIpc) is 2.15. The minimum atomic E-state index is -2.53. The van der Waals surface area contributed by atoms with Gasteiger partial charge in [0.15, 0.2) is 6.29 Å². The Kier molecular flexibility index (Phi) is 3.56. The zero-order chi connectivity index (χ0) is 10.6. The second-order valence-electron chi connectivity index (χ2n) is 2.86. The Bertz CT molecular complexity index is 324. The minimum absolute atomic E-state index is 0.209. The van der Waals surface area contributed by atoms with Gasteiger partial charge in [-0.05, 0) is 24.6 Å². The number of benzene rings is 1. The molecule has 0 saturated heterocycles. The second-order valence-corrected chi connectivity index (χ2v) is 2.86. The third-order valence-corrected chi connectivity index (χ3v) is 1.66. The number of aldehydes is 1. The first-order valence-electron chi connectivity index (χ1n) is 4.10. The molecule has 0 saturated carbocycles. The van der Waals surface area contributed by atoms with Crippen LogP contribution in [0.5, 0.6) is 5.75 Å². The average molecular weight is 200 g/mol. The summed E-state index contributed by atoms with van der Waals surface area (Å²) >= 11 is 0.